The highest BCUT2D eigenvalue weighted by molar-refractivity contribution is 5.94. The van der Waals surface area contributed by atoms with Crippen LogP contribution < -0.4 is 27.0 Å². The van der Waals surface area contributed by atoms with Gasteiger partial charge >= 0.3 is 0 Å². The fraction of sp³-hybridized carbons (Fsp3) is 0.321. The number of nitrogens with two attached hydrogens (primary N) is 2. The Bertz CT molecular complexity index is 1180. The monoisotopic (exact) mass is 484 g/mol. The Kier molecular flexibility index (Phi) is 6.97. The van der Waals surface area contributed by atoms with Gasteiger partial charge in [-0.15, -0.1) is 0 Å². The number of pyridine rings is 1. The summed E-state index contributed by atoms with van der Waals surface area (Å²) >= 11 is 0. The molecule has 2 amide bonds. The van der Waals surface area contributed by atoms with E-state index >= 15 is 0 Å². The van der Waals surface area contributed by atoms with Crippen LogP contribution in [0.4, 0.5) is 5.82 Å². The summed E-state index contributed by atoms with van der Waals surface area (Å²) in [6.07, 6.45) is 4.99. The highest BCUT2D eigenvalue weighted by Crippen LogP contribution is 2.38. The molecule has 6 N–H and O–H groups in total. The summed E-state index contributed by atoms with van der Waals surface area (Å²) in [5.74, 6) is 0.679. The van der Waals surface area contributed by atoms with Crippen LogP contribution in [-0.2, 0) is 6.54 Å². The summed E-state index contributed by atoms with van der Waals surface area (Å²) in [5.41, 5.74) is 14.4. The lowest BCUT2D eigenvalue weighted by atomic mass is 9.96. The predicted octanol–water partition coefficient (Wildman–Crippen LogP) is 2.86. The van der Waals surface area contributed by atoms with Crippen molar-refractivity contribution in [2.75, 3.05) is 4.90 Å². The lowest BCUT2D eigenvalue weighted by molar-refractivity contribution is 0.0924. The molecule has 2 aromatic carbocycles. The van der Waals surface area contributed by atoms with Crippen LogP contribution in [0.25, 0.3) is 0 Å². The number of carbonyl (C=O) groups is 2. The molecule has 2 saturated heterocycles. The summed E-state index contributed by atoms with van der Waals surface area (Å²) in [7, 11) is 0. The van der Waals surface area contributed by atoms with E-state index < -0.39 is 6.17 Å². The normalized spacial score (nSPS) is 20.9. The number of nitrogens with one attached hydrogen (secondary N) is 2. The van der Waals surface area contributed by atoms with Gasteiger partial charge in [0.25, 0.3) is 11.8 Å². The summed E-state index contributed by atoms with van der Waals surface area (Å²) < 4.78 is 0. The molecule has 1 unspecified atom stereocenters. The highest BCUT2D eigenvalue weighted by Gasteiger charge is 2.41. The molecule has 8 heteroatoms. The van der Waals surface area contributed by atoms with Crippen molar-refractivity contribution in [2.24, 2.45) is 11.5 Å². The van der Waals surface area contributed by atoms with Gasteiger partial charge in [-0.05, 0) is 61.1 Å². The molecule has 5 rings (SSSR count). The molecule has 0 aliphatic carbocycles. The molecule has 8 nitrogen and oxygen atoms in total. The van der Waals surface area contributed by atoms with E-state index in [-0.39, 0.29) is 17.9 Å². The second-order valence-electron chi connectivity index (χ2n) is 9.66. The summed E-state index contributed by atoms with van der Waals surface area (Å²) in [6.45, 7) is 0.482. The highest BCUT2D eigenvalue weighted by atomic mass is 16.2. The maximum absolute atomic E-state index is 12.8. The van der Waals surface area contributed by atoms with Crippen molar-refractivity contribution >= 4 is 17.6 Å². The predicted molar refractivity (Wildman–Crippen MR) is 139 cm³/mol. The van der Waals surface area contributed by atoms with E-state index in [4.69, 9.17) is 11.5 Å². The van der Waals surface area contributed by atoms with Crippen LogP contribution in [0.15, 0.2) is 72.9 Å². The van der Waals surface area contributed by atoms with Crippen molar-refractivity contribution in [2.45, 2.75) is 56.5 Å². The second-order valence-corrected chi connectivity index (χ2v) is 9.66. The van der Waals surface area contributed by atoms with Gasteiger partial charge in [0.1, 0.15) is 5.82 Å². The zero-order chi connectivity index (χ0) is 25.1. The number of fused-ring (bicyclic) bond motifs is 2. The maximum atomic E-state index is 12.8. The lowest BCUT2D eigenvalue weighted by Crippen LogP contribution is -2.50. The van der Waals surface area contributed by atoms with E-state index in [2.05, 4.69) is 20.5 Å². The molecule has 2 aliphatic rings. The van der Waals surface area contributed by atoms with Gasteiger partial charge in [-0.2, -0.15) is 0 Å². The number of piperidine rings is 1. The van der Waals surface area contributed by atoms with Gasteiger partial charge in [-0.1, -0.05) is 42.5 Å². The number of carbonyl (C=O) groups excluding carboxylic acids is 2. The van der Waals surface area contributed by atoms with Crippen LogP contribution in [-0.4, -0.2) is 34.9 Å². The van der Waals surface area contributed by atoms with E-state index in [1.165, 1.54) is 0 Å². The lowest BCUT2D eigenvalue weighted by Gasteiger charge is -2.40. The van der Waals surface area contributed by atoms with Crippen LogP contribution in [0.2, 0.25) is 0 Å². The fourth-order valence-electron chi connectivity index (χ4n) is 5.35. The van der Waals surface area contributed by atoms with Crippen molar-refractivity contribution in [3.8, 4) is 0 Å². The largest absolute Gasteiger partial charge is 0.350 e. The van der Waals surface area contributed by atoms with Crippen molar-refractivity contribution in [3.63, 3.8) is 0 Å². The molecule has 0 saturated carbocycles. The quantitative estimate of drug-likeness (QED) is 0.382. The zero-order valence-electron chi connectivity index (χ0n) is 20.1. The maximum Gasteiger partial charge on any atom is 0.253 e. The third-order valence-electron chi connectivity index (χ3n) is 7.20. The molecule has 0 radical (unpaired) electrons. The Morgan fingerprint density at radius 1 is 0.889 bits per heavy atom. The van der Waals surface area contributed by atoms with Gasteiger partial charge in [-0.25, -0.2) is 4.98 Å². The molecule has 2 bridgehead atoms. The molecule has 2 fully saturated rings. The Balaban J connectivity index is 1.17. The molecule has 0 spiro atoms. The Hall–Kier alpha value is -3.75. The van der Waals surface area contributed by atoms with Gasteiger partial charge < -0.3 is 27.0 Å². The van der Waals surface area contributed by atoms with Crippen LogP contribution in [0.1, 0.15) is 63.7 Å². The first-order valence-corrected chi connectivity index (χ1v) is 12.5. The number of aromatic nitrogens is 1. The standard InChI is InChI=1S/C28H32N6O2/c29-26(30)19-6-8-20(9-7-19)28(36)33-22-14-23-11-12-24(15-22)34(23)25-13-10-21(17-31-25)27(35)32-16-18-4-2-1-3-5-18/h1-10,13,17,22-24,26H,11-12,14-16,29-30H2,(H,32,35)(H,33,36)/t22?,23-,24+. The Morgan fingerprint density at radius 3 is 2.17 bits per heavy atom. The van der Waals surface area contributed by atoms with Gasteiger partial charge in [0.05, 0.1) is 11.7 Å². The van der Waals surface area contributed by atoms with Crippen LogP contribution in [0.3, 0.4) is 0 Å². The minimum Gasteiger partial charge on any atom is -0.350 e. The van der Waals surface area contributed by atoms with E-state index in [0.29, 0.717) is 29.8 Å². The molecule has 3 aromatic rings. The minimum atomic E-state index is -0.548. The van der Waals surface area contributed by atoms with Crippen LogP contribution in [0.5, 0.6) is 0 Å². The molecular formula is C28H32N6O2. The smallest absolute Gasteiger partial charge is 0.253 e. The van der Waals surface area contributed by atoms with Gasteiger partial charge in [0.2, 0.25) is 0 Å². The van der Waals surface area contributed by atoms with Crippen LogP contribution in [0, 0.1) is 0 Å². The summed E-state index contributed by atoms with van der Waals surface area (Å²) in [5, 5.41) is 6.15. The van der Waals surface area contributed by atoms with Gasteiger partial charge in [-0.3, -0.25) is 9.59 Å². The molecule has 3 heterocycles. The van der Waals surface area contributed by atoms with Gasteiger partial charge in [0, 0.05) is 36.4 Å². The van der Waals surface area contributed by atoms with Crippen molar-refractivity contribution in [3.05, 3.63) is 95.2 Å². The minimum absolute atomic E-state index is 0.0750. The first-order valence-electron chi connectivity index (χ1n) is 12.5. The second kappa shape index (κ2) is 10.5. The fourth-order valence-corrected chi connectivity index (χ4v) is 5.35. The molecular weight excluding hydrogens is 452 g/mol. The first kappa shape index (κ1) is 24.0. The van der Waals surface area contributed by atoms with E-state index in [9.17, 15) is 9.59 Å². The molecule has 36 heavy (non-hydrogen) atoms. The SMILES string of the molecule is NC(N)c1ccc(C(=O)NC2C[C@H]3CC[C@@H](C2)N3c2ccc(C(=O)NCc3ccccc3)cn2)cc1. The van der Waals surface area contributed by atoms with E-state index in [1.807, 2.05) is 42.5 Å². The number of anilines is 1. The van der Waals surface area contributed by atoms with Gasteiger partial charge in [0.15, 0.2) is 0 Å². The summed E-state index contributed by atoms with van der Waals surface area (Å²) in [4.78, 5) is 32.3. The molecule has 186 valence electrons. The number of amides is 2. The number of rotatable bonds is 7. The molecule has 2 aliphatic heterocycles. The molecule has 3 atom stereocenters. The number of nitrogens with zero attached hydrogens (tertiary/aromatic N) is 2. The van der Waals surface area contributed by atoms with Crippen molar-refractivity contribution in [1.82, 2.24) is 15.6 Å². The van der Waals surface area contributed by atoms with Crippen molar-refractivity contribution < 1.29 is 9.59 Å². The van der Waals surface area contributed by atoms with Crippen molar-refractivity contribution in [1.29, 1.82) is 0 Å². The third kappa shape index (κ3) is 5.24. The first-order chi connectivity index (χ1) is 17.5. The number of benzene rings is 2. The summed E-state index contributed by atoms with van der Waals surface area (Å²) in [6, 6.07) is 21.5. The molecule has 1 aromatic heterocycles. The zero-order valence-corrected chi connectivity index (χ0v) is 20.1. The number of hydrogen-bond acceptors (Lipinski definition) is 6. The Labute approximate surface area is 211 Å². The average Bonchev–Trinajstić information content (AvgIpc) is 3.17. The average molecular weight is 485 g/mol. The topological polar surface area (TPSA) is 126 Å². The van der Waals surface area contributed by atoms with Crippen LogP contribution >= 0.6 is 0 Å². The van der Waals surface area contributed by atoms with E-state index in [1.54, 1.807) is 30.5 Å². The van der Waals surface area contributed by atoms with E-state index in [0.717, 1.165) is 42.6 Å². The Morgan fingerprint density at radius 2 is 1.56 bits per heavy atom. The third-order valence-corrected chi connectivity index (χ3v) is 7.20. The number of hydrogen-bond donors (Lipinski definition) is 4.